The van der Waals surface area contributed by atoms with Gasteiger partial charge in [-0.2, -0.15) is 0 Å². The smallest absolute Gasteiger partial charge is 0.241 e. The van der Waals surface area contributed by atoms with Crippen molar-refractivity contribution in [3.05, 3.63) is 71.5 Å². The molecule has 0 radical (unpaired) electrons. The second-order valence-corrected chi connectivity index (χ2v) is 6.07. The molecule has 120 valence electrons. The molecule has 2 aromatic carbocycles. The van der Waals surface area contributed by atoms with Crippen molar-refractivity contribution in [2.75, 3.05) is 0 Å². The maximum atomic E-state index is 13.2. The number of hydrogen-bond donors (Lipinski definition) is 2. The third-order valence-electron chi connectivity index (χ3n) is 4.11. The number of benzene rings is 2. The summed E-state index contributed by atoms with van der Waals surface area (Å²) in [6.45, 7) is 2.02. The molecule has 1 aliphatic carbocycles. The van der Waals surface area contributed by atoms with Crippen molar-refractivity contribution in [2.45, 2.75) is 37.9 Å². The van der Waals surface area contributed by atoms with E-state index in [2.05, 4.69) is 10.6 Å². The molecule has 1 amide bonds. The van der Waals surface area contributed by atoms with Crippen LogP contribution in [0, 0.1) is 5.82 Å². The lowest BCUT2D eigenvalue weighted by molar-refractivity contribution is -0.123. The van der Waals surface area contributed by atoms with Crippen LogP contribution in [0.1, 0.15) is 43.0 Å². The number of carbonyl (C=O) groups excluding carboxylic acids is 1. The van der Waals surface area contributed by atoms with E-state index in [1.54, 1.807) is 12.1 Å². The van der Waals surface area contributed by atoms with Crippen LogP contribution in [0.4, 0.5) is 4.39 Å². The van der Waals surface area contributed by atoms with Crippen LogP contribution in [0.3, 0.4) is 0 Å². The average Bonchev–Trinajstić information content (AvgIpc) is 3.38. The van der Waals surface area contributed by atoms with Crippen molar-refractivity contribution in [1.82, 2.24) is 10.6 Å². The van der Waals surface area contributed by atoms with Gasteiger partial charge in [-0.1, -0.05) is 42.5 Å². The van der Waals surface area contributed by atoms with Gasteiger partial charge in [0.15, 0.2) is 0 Å². The third kappa shape index (κ3) is 4.17. The zero-order valence-electron chi connectivity index (χ0n) is 13.1. The van der Waals surface area contributed by atoms with Gasteiger partial charge in [0.2, 0.25) is 5.91 Å². The van der Waals surface area contributed by atoms with Crippen molar-refractivity contribution >= 4 is 5.91 Å². The van der Waals surface area contributed by atoms with Crippen LogP contribution < -0.4 is 10.6 Å². The molecular weight excluding hydrogens is 291 g/mol. The molecule has 1 saturated carbocycles. The Morgan fingerprint density at radius 3 is 2.30 bits per heavy atom. The highest BCUT2D eigenvalue weighted by atomic mass is 19.1. The largest absolute Gasteiger partial charge is 0.352 e. The van der Waals surface area contributed by atoms with Gasteiger partial charge in [0.1, 0.15) is 11.9 Å². The minimum atomic E-state index is -0.494. The SMILES string of the molecule is CC(NC(C(=O)NC1CC1)c1ccc(F)cc1)c1ccccc1. The first-order chi connectivity index (χ1) is 11.1. The van der Waals surface area contributed by atoms with Crippen LogP contribution in [-0.2, 0) is 4.79 Å². The summed E-state index contributed by atoms with van der Waals surface area (Å²) in [4.78, 5) is 12.6. The fourth-order valence-electron chi connectivity index (χ4n) is 2.58. The Hall–Kier alpha value is -2.20. The molecule has 0 heterocycles. The van der Waals surface area contributed by atoms with Crippen LogP contribution in [0.2, 0.25) is 0 Å². The molecule has 3 nitrogen and oxygen atoms in total. The molecule has 0 bridgehead atoms. The van der Waals surface area contributed by atoms with Gasteiger partial charge in [-0.05, 0) is 43.0 Å². The summed E-state index contributed by atoms with van der Waals surface area (Å²) in [5, 5.41) is 6.40. The van der Waals surface area contributed by atoms with Crippen LogP contribution >= 0.6 is 0 Å². The lowest BCUT2D eigenvalue weighted by Gasteiger charge is -2.23. The molecule has 0 saturated heterocycles. The molecule has 3 rings (SSSR count). The maximum absolute atomic E-state index is 13.2. The maximum Gasteiger partial charge on any atom is 0.241 e. The number of amides is 1. The van der Waals surface area contributed by atoms with Crippen LogP contribution in [0.25, 0.3) is 0 Å². The Balaban J connectivity index is 1.79. The van der Waals surface area contributed by atoms with Gasteiger partial charge < -0.3 is 5.32 Å². The van der Waals surface area contributed by atoms with E-state index in [4.69, 9.17) is 0 Å². The van der Waals surface area contributed by atoms with E-state index in [-0.39, 0.29) is 17.8 Å². The predicted molar refractivity (Wildman–Crippen MR) is 88.3 cm³/mol. The molecule has 0 spiro atoms. The van der Waals surface area contributed by atoms with Gasteiger partial charge in [-0.25, -0.2) is 4.39 Å². The first-order valence-electron chi connectivity index (χ1n) is 8.00. The molecular formula is C19H21FN2O. The van der Waals surface area contributed by atoms with Crippen LogP contribution in [-0.4, -0.2) is 11.9 Å². The summed E-state index contributed by atoms with van der Waals surface area (Å²) < 4.78 is 13.2. The van der Waals surface area contributed by atoms with E-state index in [1.165, 1.54) is 12.1 Å². The van der Waals surface area contributed by atoms with E-state index in [9.17, 15) is 9.18 Å². The van der Waals surface area contributed by atoms with Crippen molar-refractivity contribution in [3.8, 4) is 0 Å². The highest BCUT2D eigenvalue weighted by Crippen LogP contribution is 2.24. The predicted octanol–water partition coefficient (Wildman–Crippen LogP) is 3.50. The molecule has 1 aliphatic rings. The van der Waals surface area contributed by atoms with Gasteiger partial charge in [0, 0.05) is 12.1 Å². The minimum Gasteiger partial charge on any atom is -0.352 e. The second kappa shape index (κ2) is 6.92. The van der Waals surface area contributed by atoms with Crippen molar-refractivity contribution < 1.29 is 9.18 Å². The highest BCUT2D eigenvalue weighted by Gasteiger charge is 2.29. The molecule has 0 aromatic heterocycles. The first-order valence-corrected chi connectivity index (χ1v) is 8.00. The van der Waals surface area contributed by atoms with Gasteiger partial charge >= 0.3 is 0 Å². The van der Waals surface area contributed by atoms with Gasteiger partial charge in [0.05, 0.1) is 0 Å². The fourth-order valence-corrected chi connectivity index (χ4v) is 2.58. The van der Waals surface area contributed by atoms with E-state index in [0.717, 1.165) is 24.0 Å². The third-order valence-corrected chi connectivity index (χ3v) is 4.11. The number of halogens is 1. The van der Waals surface area contributed by atoms with E-state index in [1.807, 2.05) is 37.3 Å². The van der Waals surface area contributed by atoms with Crippen LogP contribution in [0.15, 0.2) is 54.6 Å². The summed E-state index contributed by atoms with van der Waals surface area (Å²) in [6, 6.07) is 15.9. The normalized spacial score (nSPS) is 16.6. The van der Waals surface area contributed by atoms with Gasteiger partial charge in [0.25, 0.3) is 0 Å². The molecule has 2 aromatic rings. The van der Waals surface area contributed by atoms with Crippen molar-refractivity contribution in [3.63, 3.8) is 0 Å². The first kappa shape index (κ1) is 15.7. The van der Waals surface area contributed by atoms with Gasteiger partial charge in [-0.3, -0.25) is 10.1 Å². The standard InChI is InChI=1S/C19H21FN2O/c1-13(14-5-3-2-4-6-14)21-18(19(23)22-17-11-12-17)15-7-9-16(20)10-8-15/h2-10,13,17-18,21H,11-12H2,1H3,(H,22,23). The molecule has 0 aliphatic heterocycles. The fraction of sp³-hybridized carbons (Fsp3) is 0.316. The Morgan fingerprint density at radius 2 is 1.70 bits per heavy atom. The number of hydrogen-bond acceptors (Lipinski definition) is 2. The summed E-state index contributed by atoms with van der Waals surface area (Å²) >= 11 is 0. The summed E-state index contributed by atoms with van der Waals surface area (Å²) in [6.07, 6.45) is 2.08. The van der Waals surface area contributed by atoms with E-state index >= 15 is 0 Å². The zero-order valence-corrected chi connectivity index (χ0v) is 13.1. The Bertz CT molecular complexity index is 653. The van der Waals surface area contributed by atoms with Crippen molar-refractivity contribution in [1.29, 1.82) is 0 Å². The number of rotatable bonds is 6. The molecule has 1 fully saturated rings. The molecule has 2 atom stereocenters. The topological polar surface area (TPSA) is 41.1 Å². The molecule has 4 heteroatoms. The summed E-state index contributed by atoms with van der Waals surface area (Å²) in [7, 11) is 0. The summed E-state index contributed by atoms with van der Waals surface area (Å²) in [5.74, 6) is -0.354. The zero-order chi connectivity index (χ0) is 16.2. The molecule has 2 unspecified atom stereocenters. The summed E-state index contributed by atoms with van der Waals surface area (Å²) in [5.41, 5.74) is 1.88. The average molecular weight is 312 g/mol. The van der Waals surface area contributed by atoms with Crippen molar-refractivity contribution in [2.24, 2.45) is 0 Å². The minimum absolute atomic E-state index is 0.0104. The lowest BCUT2D eigenvalue weighted by Crippen LogP contribution is -2.39. The number of carbonyl (C=O) groups is 1. The Morgan fingerprint density at radius 1 is 1.04 bits per heavy atom. The van der Waals surface area contributed by atoms with E-state index in [0.29, 0.717) is 6.04 Å². The Kier molecular flexibility index (Phi) is 4.72. The number of nitrogens with one attached hydrogen (secondary N) is 2. The van der Waals surface area contributed by atoms with Gasteiger partial charge in [-0.15, -0.1) is 0 Å². The second-order valence-electron chi connectivity index (χ2n) is 6.07. The monoisotopic (exact) mass is 312 g/mol. The molecule has 23 heavy (non-hydrogen) atoms. The highest BCUT2D eigenvalue weighted by molar-refractivity contribution is 5.83. The molecule has 2 N–H and O–H groups in total. The van der Waals surface area contributed by atoms with Crippen LogP contribution in [0.5, 0.6) is 0 Å². The van der Waals surface area contributed by atoms with E-state index < -0.39 is 6.04 Å². The lowest BCUT2D eigenvalue weighted by atomic mass is 10.0. The quantitative estimate of drug-likeness (QED) is 0.857. The Labute approximate surface area is 135 Å².